The molecule has 3 rings (SSSR count). The Kier molecular flexibility index (Phi) is 6.06. The Labute approximate surface area is 162 Å². The van der Waals surface area contributed by atoms with Gasteiger partial charge in [0.05, 0.1) is 20.8 Å². The summed E-state index contributed by atoms with van der Waals surface area (Å²) in [6.07, 6.45) is 0. The van der Waals surface area contributed by atoms with E-state index < -0.39 is 0 Å². The Bertz CT molecular complexity index is 1020. The zero-order valence-electron chi connectivity index (χ0n) is 15.7. The predicted octanol–water partition coefficient (Wildman–Crippen LogP) is 2.24. The van der Waals surface area contributed by atoms with Crippen molar-refractivity contribution in [3.63, 3.8) is 0 Å². The fourth-order valence-corrected chi connectivity index (χ4v) is 2.70. The van der Waals surface area contributed by atoms with Gasteiger partial charge in [0.15, 0.2) is 0 Å². The molecule has 0 spiro atoms. The molecule has 0 aliphatic heterocycles. The Morgan fingerprint density at radius 1 is 1.04 bits per heavy atom. The van der Waals surface area contributed by atoms with E-state index in [1.165, 1.54) is 16.8 Å². The monoisotopic (exact) mass is 379 g/mol. The highest BCUT2D eigenvalue weighted by molar-refractivity contribution is 5.92. The summed E-state index contributed by atoms with van der Waals surface area (Å²) in [6.45, 7) is 0.554. The van der Waals surface area contributed by atoms with Gasteiger partial charge in [0, 0.05) is 24.2 Å². The fourth-order valence-electron chi connectivity index (χ4n) is 2.70. The van der Waals surface area contributed by atoms with Crippen molar-refractivity contribution in [2.24, 2.45) is 0 Å². The van der Waals surface area contributed by atoms with E-state index in [0.29, 0.717) is 18.0 Å². The maximum absolute atomic E-state index is 12.5. The van der Waals surface area contributed by atoms with Gasteiger partial charge in [0.25, 0.3) is 11.5 Å². The molecule has 28 heavy (non-hydrogen) atoms. The van der Waals surface area contributed by atoms with Crippen LogP contribution >= 0.6 is 0 Å². The molecule has 0 unspecified atom stereocenters. The first-order chi connectivity index (χ1) is 13.6. The Morgan fingerprint density at radius 3 is 2.54 bits per heavy atom. The molecular weight excluding hydrogens is 358 g/mol. The van der Waals surface area contributed by atoms with Crippen molar-refractivity contribution in [3.8, 4) is 11.5 Å². The molecule has 2 aromatic carbocycles. The Morgan fingerprint density at radius 2 is 1.82 bits per heavy atom. The normalized spacial score (nSPS) is 10.4. The zero-order valence-corrected chi connectivity index (χ0v) is 15.7. The molecule has 0 aliphatic rings. The van der Waals surface area contributed by atoms with Crippen LogP contribution in [0.4, 0.5) is 0 Å². The van der Waals surface area contributed by atoms with E-state index in [-0.39, 0.29) is 23.7 Å². The molecule has 1 heterocycles. The molecule has 144 valence electrons. The van der Waals surface area contributed by atoms with Crippen LogP contribution in [0.25, 0.3) is 0 Å². The molecule has 1 aromatic heterocycles. The highest BCUT2D eigenvalue weighted by Crippen LogP contribution is 2.24. The second-order valence-corrected chi connectivity index (χ2v) is 6.06. The molecule has 0 atom stereocenters. The summed E-state index contributed by atoms with van der Waals surface area (Å²) in [5.41, 5.74) is 1.63. The molecule has 0 fully saturated rings. The third-order valence-electron chi connectivity index (χ3n) is 4.21. The van der Waals surface area contributed by atoms with Crippen LogP contribution < -0.4 is 20.3 Å². The lowest BCUT2D eigenvalue weighted by Crippen LogP contribution is -2.29. The van der Waals surface area contributed by atoms with Gasteiger partial charge in [-0.05, 0) is 23.8 Å². The molecule has 7 nitrogen and oxygen atoms in total. The molecule has 0 saturated carbocycles. The third kappa shape index (κ3) is 4.56. The van der Waals surface area contributed by atoms with Gasteiger partial charge in [-0.25, -0.2) is 4.68 Å². The molecular formula is C21H21N3O4. The second kappa shape index (κ2) is 8.85. The van der Waals surface area contributed by atoms with Gasteiger partial charge >= 0.3 is 0 Å². The van der Waals surface area contributed by atoms with E-state index in [4.69, 9.17) is 9.47 Å². The van der Waals surface area contributed by atoms with E-state index in [1.807, 2.05) is 36.4 Å². The van der Waals surface area contributed by atoms with E-state index in [9.17, 15) is 9.59 Å². The number of rotatable bonds is 7. The molecule has 0 bridgehead atoms. The van der Waals surface area contributed by atoms with Crippen LogP contribution in [0.1, 0.15) is 21.6 Å². The smallest absolute Gasteiger partial charge is 0.271 e. The highest BCUT2D eigenvalue weighted by atomic mass is 16.5. The van der Waals surface area contributed by atoms with Crippen molar-refractivity contribution in [3.05, 3.63) is 87.8 Å². The van der Waals surface area contributed by atoms with Crippen molar-refractivity contribution in [1.82, 2.24) is 15.1 Å². The van der Waals surface area contributed by atoms with Gasteiger partial charge in [0.2, 0.25) is 0 Å². The highest BCUT2D eigenvalue weighted by Gasteiger charge is 2.12. The number of nitrogens with zero attached hydrogens (tertiary/aromatic N) is 2. The molecule has 0 aliphatic carbocycles. The van der Waals surface area contributed by atoms with Gasteiger partial charge in [0.1, 0.15) is 17.2 Å². The zero-order chi connectivity index (χ0) is 19.9. The molecule has 0 saturated heterocycles. The minimum atomic E-state index is -0.375. The largest absolute Gasteiger partial charge is 0.497 e. The Balaban J connectivity index is 1.73. The molecule has 7 heteroatoms. The number of amides is 1. The SMILES string of the molecule is COc1ccc(CNC(=O)c2ccc(=O)n(Cc3ccccc3)n2)c(OC)c1. The van der Waals surface area contributed by atoms with Crippen LogP contribution in [0, 0.1) is 0 Å². The van der Waals surface area contributed by atoms with Gasteiger partial charge in [-0.1, -0.05) is 30.3 Å². The number of hydrogen-bond donors (Lipinski definition) is 1. The summed E-state index contributed by atoms with van der Waals surface area (Å²) in [5.74, 6) is 0.905. The van der Waals surface area contributed by atoms with Crippen molar-refractivity contribution in [2.45, 2.75) is 13.1 Å². The van der Waals surface area contributed by atoms with Crippen molar-refractivity contribution >= 4 is 5.91 Å². The lowest BCUT2D eigenvalue weighted by Gasteiger charge is -2.12. The lowest BCUT2D eigenvalue weighted by molar-refractivity contribution is 0.0943. The fraction of sp³-hybridized carbons (Fsp3) is 0.190. The number of methoxy groups -OCH3 is 2. The summed E-state index contributed by atoms with van der Waals surface area (Å²) < 4.78 is 11.8. The van der Waals surface area contributed by atoms with E-state index in [0.717, 1.165) is 11.1 Å². The Hall–Kier alpha value is -3.61. The summed E-state index contributed by atoms with van der Waals surface area (Å²) in [6, 6.07) is 17.6. The van der Waals surface area contributed by atoms with Crippen LogP contribution in [0.15, 0.2) is 65.5 Å². The van der Waals surface area contributed by atoms with Crippen LogP contribution in [0.2, 0.25) is 0 Å². The lowest BCUT2D eigenvalue weighted by atomic mass is 10.2. The van der Waals surface area contributed by atoms with E-state index in [2.05, 4.69) is 10.4 Å². The summed E-state index contributed by atoms with van der Waals surface area (Å²) in [7, 11) is 3.13. The second-order valence-electron chi connectivity index (χ2n) is 6.06. The average molecular weight is 379 g/mol. The van der Waals surface area contributed by atoms with Crippen LogP contribution in [-0.4, -0.2) is 29.9 Å². The number of hydrogen-bond acceptors (Lipinski definition) is 5. The van der Waals surface area contributed by atoms with Crippen LogP contribution in [0.5, 0.6) is 11.5 Å². The number of aromatic nitrogens is 2. The summed E-state index contributed by atoms with van der Waals surface area (Å²) in [4.78, 5) is 24.6. The van der Waals surface area contributed by atoms with Gasteiger partial charge in [-0.3, -0.25) is 9.59 Å². The number of carbonyl (C=O) groups is 1. The van der Waals surface area contributed by atoms with Crippen LogP contribution in [-0.2, 0) is 13.1 Å². The molecule has 1 N–H and O–H groups in total. The summed E-state index contributed by atoms with van der Waals surface area (Å²) in [5, 5.41) is 6.99. The van der Waals surface area contributed by atoms with E-state index >= 15 is 0 Å². The first kappa shape index (κ1) is 19.2. The van der Waals surface area contributed by atoms with Crippen molar-refractivity contribution in [1.29, 1.82) is 0 Å². The minimum absolute atomic E-state index is 0.169. The van der Waals surface area contributed by atoms with Crippen molar-refractivity contribution in [2.75, 3.05) is 14.2 Å². The first-order valence-electron chi connectivity index (χ1n) is 8.72. The maximum atomic E-state index is 12.5. The first-order valence-corrected chi connectivity index (χ1v) is 8.72. The van der Waals surface area contributed by atoms with Gasteiger partial charge in [-0.15, -0.1) is 0 Å². The molecule has 0 radical (unpaired) electrons. The maximum Gasteiger partial charge on any atom is 0.271 e. The van der Waals surface area contributed by atoms with Gasteiger partial charge < -0.3 is 14.8 Å². The standard InChI is InChI=1S/C21H21N3O4/c1-27-17-9-8-16(19(12-17)28-2)13-22-21(26)18-10-11-20(25)24(23-18)14-15-6-4-3-5-7-15/h3-12H,13-14H2,1-2H3,(H,22,26). The molecule has 1 amide bonds. The quantitative estimate of drug-likeness (QED) is 0.681. The van der Waals surface area contributed by atoms with Crippen molar-refractivity contribution < 1.29 is 14.3 Å². The van der Waals surface area contributed by atoms with Gasteiger partial charge in [-0.2, -0.15) is 5.10 Å². The number of benzene rings is 2. The predicted molar refractivity (Wildman–Crippen MR) is 105 cm³/mol. The minimum Gasteiger partial charge on any atom is -0.497 e. The average Bonchev–Trinajstić information content (AvgIpc) is 2.74. The topological polar surface area (TPSA) is 82.5 Å². The number of nitrogens with one attached hydrogen (secondary N) is 1. The number of carbonyl (C=O) groups excluding carboxylic acids is 1. The number of ether oxygens (including phenoxy) is 2. The van der Waals surface area contributed by atoms with Crippen LogP contribution in [0.3, 0.4) is 0 Å². The molecule has 3 aromatic rings. The third-order valence-corrected chi connectivity index (χ3v) is 4.21. The summed E-state index contributed by atoms with van der Waals surface area (Å²) >= 11 is 0. The van der Waals surface area contributed by atoms with E-state index in [1.54, 1.807) is 26.4 Å².